The number of aryl methyl sites for hydroxylation is 1. The summed E-state index contributed by atoms with van der Waals surface area (Å²) in [5, 5.41) is 0. The Hall–Kier alpha value is -1.95. The molecule has 0 saturated heterocycles. The summed E-state index contributed by atoms with van der Waals surface area (Å²) < 4.78 is 0. The Bertz CT molecular complexity index is 621. The summed E-state index contributed by atoms with van der Waals surface area (Å²) in [4.78, 5) is 0. The maximum absolute atomic E-state index is 2.36. The minimum Gasteiger partial charge on any atom is -0.0619 e. The van der Waals surface area contributed by atoms with Gasteiger partial charge in [0.15, 0.2) is 0 Å². The van der Waals surface area contributed by atoms with E-state index < -0.39 is 0 Å². The second-order valence-electron chi connectivity index (χ2n) is 5.15. The number of fused-ring (bicyclic) bond motifs is 2. The zero-order valence-corrected chi connectivity index (χ0v) is 10.3. The largest absolute Gasteiger partial charge is 0.136 e. The van der Waals surface area contributed by atoms with Crippen LogP contribution in [0.3, 0.4) is 0 Å². The van der Waals surface area contributed by atoms with Gasteiger partial charge in [0, 0.05) is 24.8 Å². The Balaban J connectivity index is 1.77. The van der Waals surface area contributed by atoms with E-state index in [1.807, 2.05) is 0 Å². The summed E-state index contributed by atoms with van der Waals surface area (Å²) in [6, 6.07) is 17.6. The molecule has 86 valence electrons. The molecule has 0 saturated carbocycles. The van der Waals surface area contributed by atoms with Crippen molar-refractivity contribution < 1.29 is 0 Å². The number of benzene rings is 2. The van der Waals surface area contributed by atoms with E-state index in [4.69, 9.17) is 0 Å². The van der Waals surface area contributed by atoms with Crippen molar-refractivity contribution >= 4 is 6.08 Å². The Kier molecular flexibility index (Phi) is 2.10. The summed E-state index contributed by atoms with van der Waals surface area (Å²) in [6.07, 6.45) is 7.05. The van der Waals surface area contributed by atoms with Gasteiger partial charge in [-0.25, -0.2) is 0 Å². The second kappa shape index (κ2) is 3.78. The van der Waals surface area contributed by atoms with Gasteiger partial charge in [-0.3, -0.25) is 0 Å². The van der Waals surface area contributed by atoms with Crippen molar-refractivity contribution in [3.63, 3.8) is 0 Å². The minimum absolute atomic E-state index is 0.504. The highest BCUT2D eigenvalue weighted by atomic mass is 14.3. The predicted molar refractivity (Wildman–Crippen MR) is 75.3 cm³/mol. The molecule has 2 aliphatic carbocycles. The van der Waals surface area contributed by atoms with Gasteiger partial charge in [0.2, 0.25) is 0 Å². The van der Waals surface area contributed by atoms with Gasteiger partial charge in [-0.1, -0.05) is 36.4 Å². The van der Waals surface area contributed by atoms with Crippen LogP contribution in [-0.4, -0.2) is 0 Å². The van der Waals surface area contributed by atoms with Crippen LogP contribution in [0.2, 0.25) is 0 Å². The van der Waals surface area contributed by atoms with Crippen molar-refractivity contribution in [3.05, 3.63) is 82.8 Å². The second-order valence-corrected chi connectivity index (χ2v) is 5.15. The van der Waals surface area contributed by atoms with Crippen molar-refractivity contribution in [2.45, 2.75) is 18.8 Å². The van der Waals surface area contributed by atoms with Gasteiger partial charge in [0.05, 0.1) is 11.5 Å². The van der Waals surface area contributed by atoms with Crippen molar-refractivity contribution in [3.8, 4) is 0 Å². The Morgan fingerprint density at radius 3 is 2.78 bits per heavy atom. The molecule has 1 atom stereocenters. The molecule has 0 bridgehead atoms. The lowest BCUT2D eigenvalue weighted by Gasteiger charge is -2.14. The fraction of sp³-hybridized carbons (Fsp3) is 0.167. The van der Waals surface area contributed by atoms with E-state index in [0.717, 1.165) is 0 Å². The average Bonchev–Trinajstić information content (AvgIpc) is 3.01. The van der Waals surface area contributed by atoms with Crippen LogP contribution >= 0.6 is 0 Å². The molecule has 18 heavy (non-hydrogen) atoms. The van der Waals surface area contributed by atoms with E-state index >= 15 is 0 Å². The third kappa shape index (κ3) is 1.35. The van der Waals surface area contributed by atoms with Crippen LogP contribution in [0.4, 0.5) is 0 Å². The van der Waals surface area contributed by atoms with Crippen LogP contribution in [0.25, 0.3) is 6.08 Å². The zero-order chi connectivity index (χ0) is 11.9. The van der Waals surface area contributed by atoms with Crippen LogP contribution in [0, 0.1) is 5.92 Å². The average molecular weight is 231 g/mol. The topological polar surface area (TPSA) is 0 Å². The van der Waals surface area contributed by atoms with Crippen molar-refractivity contribution in [1.29, 1.82) is 0 Å². The molecule has 0 heterocycles. The van der Waals surface area contributed by atoms with Crippen LogP contribution < -0.4 is 0 Å². The molecular weight excluding hydrogens is 216 g/mol. The molecule has 2 aromatic rings. The molecule has 0 nitrogen and oxygen atoms in total. The molecule has 0 amide bonds. The Morgan fingerprint density at radius 2 is 1.78 bits per heavy atom. The minimum atomic E-state index is 0.504. The van der Waals surface area contributed by atoms with Crippen molar-refractivity contribution in [2.24, 2.45) is 0 Å². The van der Waals surface area contributed by atoms with Gasteiger partial charge in [-0.05, 0) is 29.3 Å². The SMILES string of the molecule is C1=CC([C+]2CCc3ccccc32)c2ccccc21. The van der Waals surface area contributed by atoms with E-state index in [0.29, 0.717) is 5.92 Å². The fourth-order valence-corrected chi connectivity index (χ4v) is 3.33. The van der Waals surface area contributed by atoms with Crippen molar-refractivity contribution in [2.75, 3.05) is 0 Å². The predicted octanol–water partition coefficient (Wildman–Crippen LogP) is 4.37. The standard InChI is InChI=1S/C18H15/c1-3-7-15-13(5-1)9-11-17(15)18-12-10-14-6-2-4-8-16(14)18/h1-9,11,17H,10,12H2/q+1. The zero-order valence-electron chi connectivity index (χ0n) is 10.3. The third-order valence-electron chi connectivity index (χ3n) is 4.20. The van der Waals surface area contributed by atoms with Crippen LogP contribution in [0.5, 0.6) is 0 Å². The summed E-state index contributed by atoms with van der Waals surface area (Å²) in [7, 11) is 0. The molecule has 0 fully saturated rings. The molecule has 1 unspecified atom stereocenters. The summed E-state index contributed by atoms with van der Waals surface area (Å²) in [5.74, 6) is 2.11. The number of hydrogen-bond acceptors (Lipinski definition) is 0. The summed E-state index contributed by atoms with van der Waals surface area (Å²) in [5.41, 5.74) is 5.87. The molecule has 4 rings (SSSR count). The molecule has 0 aliphatic heterocycles. The van der Waals surface area contributed by atoms with Gasteiger partial charge in [0.25, 0.3) is 0 Å². The first kappa shape index (κ1) is 10.0. The lowest BCUT2D eigenvalue weighted by atomic mass is 9.84. The monoisotopic (exact) mass is 231 g/mol. The number of allylic oxidation sites excluding steroid dienone is 1. The molecule has 0 radical (unpaired) electrons. The fourth-order valence-electron chi connectivity index (χ4n) is 3.33. The van der Waals surface area contributed by atoms with E-state index in [-0.39, 0.29) is 0 Å². The maximum Gasteiger partial charge on any atom is 0.136 e. The van der Waals surface area contributed by atoms with Crippen LogP contribution in [0.1, 0.15) is 34.6 Å². The molecule has 0 N–H and O–H groups in total. The first-order valence-electron chi connectivity index (χ1n) is 6.64. The molecule has 0 spiro atoms. The first-order chi connectivity index (χ1) is 8.93. The lowest BCUT2D eigenvalue weighted by Crippen LogP contribution is -2.05. The quantitative estimate of drug-likeness (QED) is 0.639. The lowest BCUT2D eigenvalue weighted by molar-refractivity contribution is 0.809. The molecular formula is C18H15+. The van der Waals surface area contributed by atoms with Crippen LogP contribution in [0.15, 0.2) is 54.6 Å². The third-order valence-corrected chi connectivity index (χ3v) is 4.20. The normalized spacial score (nSPS) is 20.0. The van der Waals surface area contributed by atoms with E-state index in [2.05, 4.69) is 60.7 Å². The van der Waals surface area contributed by atoms with E-state index in [1.54, 1.807) is 5.92 Å². The maximum atomic E-state index is 2.36. The van der Waals surface area contributed by atoms with Crippen molar-refractivity contribution in [1.82, 2.24) is 0 Å². The number of rotatable bonds is 1. The molecule has 2 aliphatic rings. The van der Waals surface area contributed by atoms with Gasteiger partial charge in [0.1, 0.15) is 5.56 Å². The number of hydrogen-bond donors (Lipinski definition) is 0. The Labute approximate surface area is 108 Å². The molecule has 0 heteroatoms. The molecule has 0 aromatic heterocycles. The highest BCUT2D eigenvalue weighted by molar-refractivity contribution is 5.66. The summed E-state index contributed by atoms with van der Waals surface area (Å²) >= 11 is 0. The van der Waals surface area contributed by atoms with E-state index in [9.17, 15) is 0 Å². The van der Waals surface area contributed by atoms with Gasteiger partial charge in [-0.2, -0.15) is 0 Å². The van der Waals surface area contributed by atoms with Gasteiger partial charge in [-0.15, -0.1) is 0 Å². The van der Waals surface area contributed by atoms with Gasteiger partial charge < -0.3 is 0 Å². The first-order valence-corrected chi connectivity index (χ1v) is 6.64. The van der Waals surface area contributed by atoms with Crippen LogP contribution in [-0.2, 0) is 6.42 Å². The highest BCUT2D eigenvalue weighted by Crippen LogP contribution is 2.46. The smallest absolute Gasteiger partial charge is 0.0619 e. The summed E-state index contributed by atoms with van der Waals surface area (Å²) in [6.45, 7) is 0. The van der Waals surface area contributed by atoms with E-state index in [1.165, 1.54) is 35.1 Å². The highest BCUT2D eigenvalue weighted by Gasteiger charge is 2.38. The Morgan fingerprint density at radius 1 is 0.944 bits per heavy atom. The van der Waals surface area contributed by atoms with Gasteiger partial charge >= 0.3 is 0 Å². The molecule has 2 aromatic carbocycles.